The van der Waals surface area contributed by atoms with Crippen LogP contribution in [0.4, 0.5) is 0 Å². The number of unbranched alkanes of at least 4 members (excludes halogenated alkanes) is 20. The fourth-order valence-electron chi connectivity index (χ4n) is 5.20. The third-order valence-corrected chi connectivity index (χ3v) is 9.12. The van der Waals surface area contributed by atoms with Crippen LogP contribution in [0.1, 0.15) is 168 Å². The van der Waals surface area contributed by atoms with Gasteiger partial charge in [0.25, 0.3) is 0 Å². The minimum absolute atomic E-state index is 0. The molecule has 0 rings (SSSR count). The number of carbonyl (C=O) groups is 2. The van der Waals surface area contributed by atoms with Crippen molar-refractivity contribution in [2.24, 2.45) is 0 Å². The van der Waals surface area contributed by atoms with Crippen molar-refractivity contribution in [1.82, 2.24) is 0 Å². The molecule has 0 aromatic carbocycles. The van der Waals surface area contributed by atoms with Crippen LogP contribution in [-0.2, 0) is 28.4 Å². The quantitative estimate of drug-likeness (QED) is 0.0396. The van der Waals surface area contributed by atoms with E-state index < -0.39 is 50.8 Å². The Bertz CT molecular complexity index is 751. The van der Waals surface area contributed by atoms with Gasteiger partial charge in [-0.3, -0.25) is 9.59 Å². The Morgan fingerprint density at radius 1 is 0.652 bits per heavy atom. The van der Waals surface area contributed by atoms with Gasteiger partial charge in [-0.05, 0) is 12.8 Å². The summed E-state index contributed by atoms with van der Waals surface area (Å²) in [5.74, 6) is -3.10. The second kappa shape index (κ2) is 33.5. The van der Waals surface area contributed by atoms with Crippen molar-refractivity contribution in [3.63, 3.8) is 0 Å². The molecule has 0 saturated heterocycles. The van der Waals surface area contributed by atoms with Crippen LogP contribution in [0.5, 0.6) is 0 Å². The Morgan fingerprint density at radius 2 is 1.02 bits per heavy atom. The molecule has 0 aromatic rings. The molecule has 0 aromatic heterocycles. The number of esters is 2. The number of hydrogen-bond acceptors (Lipinski definition) is 9. The van der Waals surface area contributed by atoms with E-state index in [1.54, 1.807) is 0 Å². The summed E-state index contributed by atoms with van der Waals surface area (Å²) in [4.78, 5) is 45.9. The summed E-state index contributed by atoms with van der Waals surface area (Å²) in [6, 6.07) is 0. The molecule has 4 atom stereocenters. The van der Waals surface area contributed by atoms with Gasteiger partial charge in [-0.25, -0.2) is 0 Å². The first kappa shape index (κ1) is 48.1. The van der Waals surface area contributed by atoms with Crippen LogP contribution in [0.15, 0.2) is 0 Å². The summed E-state index contributed by atoms with van der Waals surface area (Å²) >= 11 is 0. The van der Waals surface area contributed by atoms with E-state index in [4.69, 9.17) is 19.3 Å². The fourth-order valence-corrected chi connectivity index (χ4v) is 6.01. The van der Waals surface area contributed by atoms with Gasteiger partial charge < -0.3 is 38.8 Å². The number of carbonyl (C=O) groups excluding carboxylic acids is 2. The monoisotopic (exact) mass is 688 g/mol. The Hall–Kier alpha value is -0.0300. The summed E-state index contributed by atoms with van der Waals surface area (Å²) in [7, 11) is -5.18. The van der Waals surface area contributed by atoms with Crippen molar-refractivity contribution in [2.75, 3.05) is 19.8 Å². The Balaban J connectivity index is 0. The number of ether oxygens (including phenoxy) is 3. The van der Waals surface area contributed by atoms with Gasteiger partial charge >= 0.3 is 41.5 Å². The molecular weight excluding hydrogens is 622 g/mol. The normalized spacial score (nSPS) is 14.6. The molecule has 10 nitrogen and oxygen atoms in total. The molecule has 0 amide bonds. The van der Waals surface area contributed by atoms with Crippen LogP contribution in [-0.4, -0.2) is 64.9 Å². The predicted molar refractivity (Wildman–Crippen MR) is 176 cm³/mol. The smallest absolute Gasteiger partial charge is 0.777 e. The molecule has 0 saturated carbocycles. The van der Waals surface area contributed by atoms with E-state index in [0.717, 1.165) is 38.5 Å². The zero-order valence-corrected chi connectivity index (χ0v) is 32.4. The average molecular weight is 689 g/mol. The van der Waals surface area contributed by atoms with Gasteiger partial charge in [-0.15, -0.1) is 0 Å². The maximum Gasteiger partial charge on any atom is 1.00 e. The van der Waals surface area contributed by atoms with E-state index in [-0.39, 0.29) is 49.0 Å². The van der Waals surface area contributed by atoms with Crippen LogP contribution >= 0.6 is 7.60 Å². The first-order chi connectivity index (χ1) is 21.6. The van der Waals surface area contributed by atoms with Gasteiger partial charge in [-0.1, -0.05) is 142 Å². The molecule has 0 fully saturated rings. The number of hydrogen-bond donors (Lipinski definition) is 3. The maximum atomic E-state index is 12.5. The molecule has 12 heteroatoms. The van der Waals surface area contributed by atoms with Crippen LogP contribution < -0.4 is 34.5 Å². The summed E-state index contributed by atoms with van der Waals surface area (Å²) in [6.45, 7) is 2.56. The Kier molecular flexibility index (Phi) is 35.0. The van der Waals surface area contributed by atoms with E-state index in [9.17, 15) is 29.0 Å². The zero-order valence-electron chi connectivity index (χ0n) is 29.5. The minimum atomic E-state index is -5.18. The van der Waals surface area contributed by atoms with Crippen LogP contribution in [0.25, 0.3) is 0 Å². The van der Waals surface area contributed by atoms with Crippen molar-refractivity contribution >= 4 is 19.5 Å². The van der Waals surface area contributed by atoms with Crippen LogP contribution in [0.2, 0.25) is 0 Å². The number of rotatable bonds is 33. The first-order valence-corrected chi connectivity index (χ1v) is 19.6. The van der Waals surface area contributed by atoms with Gasteiger partial charge in [0, 0.05) is 12.8 Å². The van der Waals surface area contributed by atoms with E-state index in [1.165, 1.54) is 89.9 Å². The van der Waals surface area contributed by atoms with Crippen molar-refractivity contribution in [1.29, 1.82) is 0 Å². The van der Waals surface area contributed by atoms with Crippen molar-refractivity contribution in [2.45, 2.75) is 186 Å². The molecule has 0 radical (unpaired) electrons. The second-order valence-corrected chi connectivity index (χ2v) is 14.0. The largest absolute Gasteiger partial charge is 1.00 e. The van der Waals surface area contributed by atoms with Gasteiger partial charge in [0.2, 0.25) is 0 Å². The molecule has 46 heavy (non-hydrogen) atoms. The summed E-state index contributed by atoms with van der Waals surface area (Å²) in [5.41, 5.74) is 0. The van der Waals surface area contributed by atoms with Gasteiger partial charge in [0.15, 0.2) is 13.7 Å². The van der Waals surface area contributed by atoms with Crippen molar-refractivity contribution < 1.29 is 77.9 Å². The molecule has 268 valence electrons. The predicted octanol–water partition coefficient (Wildman–Crippen LogP) is 4.09. The fraction of sp³-hybridized carbons (Fsp3) is 0.941. The average Bonchev–Trinajstić information content (AvgIpc) is 3.00. The van der Waals surface area contributed by atoms with E-state index in [1.807, 2.05) is 0 Å². The topological polar surface area (TPSA) is 163 Å². The molecule has 0 bridgehead atoms. The molecule has 0 heterocycles. The van der Waals surface area contributed by atoms with Gasteiger partial charge in [-0.2, -0.15) is 0 Å². The summed E-state index contributed by atoms with van der Waals surface area (Å²) < 4.78 is 27.5. The summed E-state index contributed by atoms with van der Waals surface area (Å²) in [6.07, 6.45) is 22.6. The van der Waals surface area contributed by atoms with E-state index >= 15 is 0 Å². The van der Waals surface area contributed by atoms with Gasteiger partial charge in [0.1, 0.15) is 18.6 Å². The third-order valence-electron chi connectivity index (χ3n) is 7.99. The SMILES string of the molecule is CCCCCCCCCCCCCC(=O)OC[C@@H](COC(C(O)CO)P(=O)([O-])O)OC(=O)CCCCCCCCCCCCC.[Na+]. The molecule has 0 spiro atoms. The molecule has 0 aliphatic carbocycles. The summed E-state index contributed by atoms with van der Waals surface area (Å²) in [5, 5.41) is 18.9. The molecular formula is C34H66NaO10P. The van der Waals surface area contributed by atoms with Crippen LogP contribution in [0.3, 0.4) is 0 Å². The number of aliphatic hydroxyl groups is 2. The minimum Gasteiger partial charge on any atom is -0.777 e. The van der Waals surface area contributed by atoms with Crippen molar-refractivity contribution in [3.05, 3.63) is 0 Å². The Labute approximate surface area is 301 Å². The Morgan fingerprint density at radius 3 is 1.39 bits per heavy atom. The number of aliphatic hydroxyl groups excluding tert-OH is 2. The van der Waals surface area contributed by atoms with E-state index in [0.29, 0.717) is 12.8 Å². The van der Waals surface area contributed by atoms with Crippen molar-refractivity contribution in [3.8, 4) is 0 Å². The zero-order chi connectivity index (χ0) is 33.6. The molecule has 3 N–H and O–H groups in total. The molecule has 0 aliphatic heterocycles. The van der Waals surface area contributed by atoms with Gasteiger partial charge in [0.05, 0.1) is 13.2 Å². The van der Waals surface area contributed by atoms with Crippen LogP contribution in [0, 0.1) is 0 Å². The van der Waals surface area contributed by atoms with E-state index in [2.05, 4.69) is 13.8 Å². The standard InChI is InChI=1S/C34H67O10P.Na/c1-3-5-7-9-11-13-15-17-19-21-23-25-32(37)42-28-30(29-43-34(31(36)27-35)45(39,40)41)44-33(38)26-24-22-20-18-16-14-12-10-8-6-4-2;/h30-31,34-36H,3-29H2,1-2H3,(H2,39,40,41);/q;+1/p-1/t30-,31?,34?;/m0./s1. The molecule has 0 aliphatic rings. The maximum absolute atomic E-state index is 12.5. The molecule has 3 unspecified atom stereocenters. The second-order valence-electron chi connectivity index (χ2n) is 12.4. The third kappa shape index (κ3) is 30.1. The first-order valence-electron chi connectivity index (χ1n) is 17.9.